The Labute approximate surface area is 128 Å². The van der Waals surface area contributed by atoms with E-state index in [-0.39, 0.29) is 16.0 Å². The van der Waals surface area contributed by atoms with Crippen LogP contribution in [0.3, 0.4) is 0 Å². The molecule has 2 aromatic rings. The summed E-state index contributed by atoms with van der Waals surface area (Å²) >= 11 is 0. The van der Waals surface area contributed by atoms with Gasteiger partial charge in [-0.25, -0.2) is 13.2 Å². The highest BCUT2D eigenvalue weighted by molar-refractivity contribution is 7.90. The van der Waals surface area contributed by atoms with Crippen molar-refractivity contribution in [2.24, 2.45) is 0 Å². The molecule has 0 spiro atoms. The first-order valence-electron chi connectivity index (χ1n) is 6.36. The highest BCUT2D eigenvalue weighted by Crippen LogP contribution is 2.22. The average molecular weight is 321 g/mol. The van der Waals surface area contributed by atoms with Gasteiger partial charge < -0.3 is 15.5 Å². The third-order valence-corrected chi connectivity index (χ3v) is 4.16. The van der Waals surface area contributed by atoms with Crippen LogP contribution in [0.2, 0.25) is 0 Å². The minimum Gasteiger partial charge on any atom is -0.478 e. The van der Waals surface area contributed by atoms with Crippen LogP contribution in [0.1, 0.15) is 22.1 Å². The van der Waals surface area contributed by atoms with Gasteiger partial charge in [-0.3, -0.25) is 0 Å². The van der Waals surface area contributed by atoms with E-state index in [1.54, 1.807) is 18.2 Å². The molecular formula is C15H15NO5S. The van der Waals surface area contributed by atoms with Crippen molar-refractivity contribution in [3.8, 4) is 0 Å². The lowest BCUT2D eigenvalue weighted by Crippen LogP contribution is -2.14. The monoisotopic (exact) mass is 321 g/mol. The fourth-order valence-electron chi connectivity index (χ4n) is 1.98. The lowest BCUT2D eigenvalue weighted by atomic mass is 10.1. The molecule has 0 saturated carbocycles. The third kappa shape index (κ3) is 3.63. The number of anilines is 1. The predicted molar refractivity (Wildman–Crippen MR) is 81.5 cm³/mol. The zero-order valence-electron chi connectivity index (χ0n) is 11.7. The molecule has 0 amide bonds. The molecule has 0 aliphatic carbocycles. The van der Waals surface area contributed by atoms with Gasteiger partial charge in [-0.1, -0.05) is 24.3 Å². The number of carboxylic acids is 1. The molecule has 0 saturated heterocycles. The SMILES string of the molecule is CS(=O)(=O)c1cccc(NC(O)c2ccccc2C(=O)O)c1. The van der Waals surface area contributed by atoms with Crippen LogP contribution in [0.5, 0.6) is 0 Å². The van der Waals surface area contributed by atoms with Gasteiger partial charge in [0, 0.05) is 17.5 Å². The Morgan fingerprint density at radius 1 is 1.14 bits per heavy atom. The number of carbonyl (C=O) groups is 1. The van der Waals surface area contributed by atoms with Crippen LogP contribution < -0.4 is 5.32 Å². The Hall–Kier alpha value is -2.38. The van der Waals surface area contributed by atoms with Gasteiger partial charge in [0.2, 0.25) is 0 Å². The number of hydrogen-bond donors (Lipinski definition) is 3. The zero-order valence-corrected chi connectivity index (χ0v) is 12.5. The van der Waals surface area contributed by atoms with E-state index in [0.717, 1.165) is 6.26 Å². The second-order valence-corrected chi connectivity index (χ2v) is 6.76. The van der Waals surface area contributed by atoms with Gasteiger partial charge >= 0.3 is 5.97 Å². The zero-order chi connectivity index (χ0) is 16.3. The number of hydrogen-bond acceptors (Lipinski definition) is 5. The van der Waals surface area contributed by atoms with E-state index >= 15 is 0 Å². The number of rotatable bonds is 5. The molecule has 6 nitrogen and oxygen atoms in total. The Morgan fingerprint density at radius 2 is 1.82 bits per heavy atom. The molecule has 0 heterocycles. The summed E-state index contributed by atoms with van der Waals surface area (Å²) in [7, 11) is -3.36. The Balaban J connectivity index is 2.30. The molecular weight excluding hydrogens is 306 g/mol. The molecule has 0 aromatic heterocycles. The fraction of sp³-hybridized carbons (Fsp3) is 0.133. The first-order valence-corrected chi connectivity index (χ1v) is 8.25. The molecule has 2 aromatic carbocycles. The predicted octanol–water partition coefficient (Wildman–Crippen LogP) is 1.89. The van der Waals surface area contributed by atoms with E-state index in [0.29, 0.717) is 5.69 Å². The minimum atomic E-state index is -3.36. The van der Waals surface area contributed by atoms with Crippen molar-refractivity contribution in [3.63, 3.8) is 0 Å². The van der Waals surface area contributed by atoms with E-state index in [2.05, 4.69) is 5.32 Å². The quantitative estimate of drug-likeness (QED) is 0.727. The van der Waals surface area contributed by atoms with Crippen LogP contribution in [0, 0.1) is 0 Å². The maximum absolute atomic E-state index is 11.5. The van der Waals surface area contributed by atoms with E-state index in [4.69, 9.17) is 5.11 Å². The van der Waals surface area contributed by atoms with Gasteiger partial charge in [0.05, 0.1) is 10.5 Å². The van der Waals surface area contributed by atoms with Gasteiger partial charge in [-0.05, 0) is 24.3 Å². The van der Waals surface area contributed by atoms with Crippen LogP contribution >= 0.6 is 0 Å². The molecule has 0 aliphatic rings. The number of benzene rings is 2. The van der Waals surface area contributed by atoms with E-state index in [9.17, 15) is 18.3 Å². The van der Waals surface area contributed by atoms with Gasteiger partial charge in [-0.15, -0.1) is 0 Å². The summed E-state index contributed by atoms with van der Waals surface area (Å²) in [5.74, 6) is -1.15. The highest BCUT2D eigenvalue weighted by atomic mass is 32.2. The molecule has 0 aliphatic heterocycles. The van der Waals surface area contributed by atoms with E-state index in [1.165, 1.54) is 30.3 Å². The minimum absolute atomic E-state index is 0.0261. The second kappa shape index (κ2) is 6.17. The molecule has 7 heteroatoms. The molecule has 1 atom stereocenters. The van der Waals surface area contributed by atoms with E-state index < -0.39 is 22.0 Å². The maximum atomic E-state index is 11.5. The molecule has 0 fully saturated rings. The normalized spacial score (nSPS) is 12.6. The summed E-state index contributed by atoms with van der Waals surface area (Å²) in [5, 5.41) is 22.0. The van der Waals surface area contributed by atoms with Crippen molar-refractivity contribution in [2.75, 3.05) is 11.6 Å². The summed E-state index contributed by atoms with van der Waals surface area (Å²) in [5.41, 5.74) is 0.539. The first-order chi connectivity index (χ1) is 10.3. The van der Waals surface area contributed by atoms with Crippen LogP contribution in [-0.2, 0) is 9.84 Å². The molecule has 2 rings (SSSR count). The van der Waals surface area contributed by atoms with Crippen molar-refractivity contribution >= 4 is 21.5 Å². The van der Waals surface area contributed by atoms with Crippen molar-refractivity contribution < 1.29 is 23.4 Å². The number of carboxylic acid groups (broad SMARTS) is 1. The third-order valence-electron chi connectivity index (χ3n) is 3.05. The lowest BCUT2D eigenvalue weighted by Gasteiger charge is -2.17. The summed E-state index contributed by atoms with van der Waals surface area (Å²) in [6.45, 7) is 0. The molecule has 3 N–H and O–H groups in total. The number of nitrogens with one attached hydrogen (secondary N) is 1. The number of aliphatic hydroxyl groups excluding tert-OH is 1. The van der Waals surface area contributed by atoms with Crippen molar-refractivity contribution in [1.82, 2.24) is 0 Å². The number of sulfone groups is 1. The van der Waals surface area contributed by atoms with Crippen molar-refractivity contribution in [2.45, 2.75) is 11.1 Å². The Bertz CT molecular complexity index is 801. The summed E-state index contributed by atoms with van der Waals surface area (Å²) in [6, 6.07) is 12.0. The molecule has 116 valence electrons. The Morgan fingerprint density at radius 3 is 2.45 bits per heavy atom. The van der Waals surface area contributed by atoms with Crippen molar-refractivity contribution in [1.29, 1.82) is 0 Å². The standard InChI is InChI=1S/C15H15NO5S/c1-22(20,21)11-6-4-5-10(9-11)16-14(17)12-7-2-3-8-13(12)15(18)19/h2-9,14,16-17H,1H3,(H,18,19). The molecule has 1 unspecified atom stereocenters. The number of aromatic carboxylic acids is 1. The first kappa shape index (κ1) is 16.0. The topological polar surface area (TPSA) is 104 Å². The largest absolute Gasteiger partial charge is 0.478 e. The lowest BCUT2D eigenvalue weighted by molar-refractivity contribution is 0.0690. The average Bonchev–Trinajstić information content (AvgIpc) is 2.46. The molecule has 0 bridgehead atoms. The van der Waals surface area contributed by atoms with Gasteiger partial charge in [0.1, 0.15) is 0 Å². The second-order valence-electron chi connectivity index (χ2n) is 4.74. The van der Waals surface area contributed by atoms with Crippen LogP contribution in [0.15, 0.2) is 53.4 Å². The molecule has 22 heavy (non-hydrogen) atoms. The van der Waals surface area contributed by atoms with Crippen LogP contribution in [-0.4, -0.2) is 30.9 Å². The van der Waals surface area contributed by atoms with Gasteiger partial charge in [0.15, 0.2) is 16.1 Å². The van der Waals surface area contributed by atoms with Crippen LogP contribution in [0.4, 0.5) is 5.69 Å². The maximum Gasteiger partial charge on any atom is 0.336 e. The smallest absolute Gasteiger partial charge is 0.336 e. The Kier molecular flexibility index (Phi) is 4.48. The highest BCUT2D eigenvalue weighted by Gasteiger charge is 2.17. The van der Waals surface area contributed by atoms with E-state index in [1.807, 2.05) is 0 Å². The summed E-state index contributed by atoms with van der Waals surface area (Å²) < 4.78 is 23.0. The van der Waals surface area contributed by atoms with Gasteiger partial charge in [0.25, 0.3) is 0 Å². The molecule has 0 radical (unpaired) electrons. The summed E-state index contributed by atoms with van der Waals surface area (Å²) in [4.78, 5) is 11.3. The van der Waals surface area contributed by atoms with Crippen molar-refractivity contribution in [3.05, 3.63) is 59.7 Å². The summed E-state index contributed by atoms with van der Waals surface area (Å²) in [6.07, 6.45) is -0.190. The fourth-order valence-corrected chi connectivity index (χ4v) is 2.65. The van der Waals surface area contributed by atoms with Gasteiger partial charge in [-0.2, -0.15) is 0 Å². The number of aliphatic hydroxyl groups is 1. The van der Waals surface area contributed by atoms with Crippen LogP contribution in [0.25, 0.3) is 0 Å².